The Morgan fingerprint density at radius 2 is 1.96 bits per heavy atom. The van der Waals surface area contributed by atoms with Gasteiger partial charge in [-0.05, 0) is 39.7 Å². The van der Waals surface area contributed by atoms with Crippen LogP contribution in [0.5, 0.6) is 5.75 Å². The number of hydrogen-bond acceptors (Lipinski definition) is 4. The molecule has 1 amide bonds. The number of carbonyl (C=O) groups is 1. The van der Waals surface area contributed by atoms with Crippen LogP contribution >= 0.6 is 28.3 Å². The highest BCUT2D eigenvalue weighted by molar-refractivity contribution is 9.10. The van der Waals surface area contributed by atoms with E-state index in [2.05, 4.69) is 21.2 Å². The minimum atomic E-state index is -0.276. The molecule has 7 heteroatoms. The van der Waals surface area contributed by atoms with Crippen LogP contribution in [0.4, 0.5) is 5.69 Å². The van der Waals surface area contributed by atoms with Gasteiger partial charge >= 0.3 is 0 Å². The second-order valence-electron chi connectivity index (χ2n) is 5.27. The molecular weight excluding hydrogens is 408 g/mol. The lowest BCUT2D eigenvalue weighted by Crippen LogP contribution is -2.28. The summed E-state index contributed by atoms with van der Waals surface area (Å²) < 4.78 is 11.7. The second-order valence-corrected chi connectivity index (χ2v) is 6.12. The number of amides is 1. The molecule has 0 heterocycles. The summed E-state index contributed by atoms with van der Waals surface area (Å²) in [5.41, 5.74) is 7.30. The van der Waals surface area contributed by atoms with Gasteiger partial charge in [0.05, 0.1) is 17.0 Å². The van der Waals surface area contributed by atoms with Gasteiger partial charge in [0.25, 0.3) is 0 Å². The third-order valence-corrected chi connectivity index (χ3v) is 4.08. The van der Waals surface area contributed by atoms with Gasteiger partial charge in [0.1, 0.15) is 12.4 Å². The highest BCUT2D eigenvalue weighted by Gasteiger charge is 2.12. The zero-order valence-corrected chi connectivity index (χ0v) is 16.3. The second kappa shape index (κ2) is 11.1. The lowest BCUT2D eigenvalue weighted by molar-refractivity contribution is -0.118. The predicted octanol–water partition coefficient (Wildman–Crippen LogP) is 3.75. The van der Waals surface area contributed by atoms with Gasteiger partial charge in [0.15, 0.2) is 0 Å². The summed E-state index contributed by atoms with van der Waals surface area (Å²) in [6.45, 7) is 0.789. The van der Waals surface area contributed by atoms with Gasteiger partial charge in [0.2, 0.25) is 5.91 Å². The molecule has 0 bridgehead atoms. The summed E-state index contributed by atoms with van der Waals surface area (Å²) in [5.74, 6) is 0.575. The molecule has 0 saturated carbocycles. The van der Waals surface area contributed by atoms with Crippen molar-refractivity contribution in [1.82, 2.24) is 0 Å². The van der Waals surface area contributed by atoms with Crippen molar-refractivity contribution in [2.45, 2.75) is 19.1 Å². The smallest absolute Gasteiger partial charge is 0.227 e. The minimum Gasteiger partial charge on any atom is -0.488 e. The van der Waals surface area contributed by atoms with Crippen LogP contribution in [0, 0.1) is 0 Å². The zero-order chi connectivity index (χ0) is 17.4. The van der Waals surface area contributed by atoms with Crippen molar-refractivity contribution in [1.29, 1.82) is 0 Å². The Balaban J connectivity index is 0.00000312. The molecule has 2 aromatic rings. The van der Waals surface area contributed by atoms with Crippen molar-refractivity contribution in [3.8, 4) is 5.75 Å². The fourth-order valence-electron chi connectivity index (χ4n) is 2.11. The number of halogens is 2. The lowest BCUT2D eigenvalue weighted by Gasteiger charge is -2.13. The van der Waals surface area contributed by atoms with Crippen LogP contribution in [0.15, 0.2) is 53.0 Å². The van der Waals surface area contributed by atoms with E-state index in [1.54, 1.807) is 13.2 Å². The van der Waals surface area contributed by atoms with Crippen LogP contribution in [0.3, 0.4) is 0 Å². The van der Waals surface area contributed by atoms with Crippen LogP contribution in [0.25, 0.3) is 0 Å². The number of ether oxygens (including phenoxy) is 2. The normalized spacial score (nSPS) is 11.3. The Kier molecular flexibility index (Phi) is 9.52. The number of nitrogens with one attached hydrogen (secondary N) is 1. The molecule has 2 aromatic carbocycles. The fourth-order valence-corrected chi connectivity index (χ4v) is 2.61. The molecule has 25 heavy (non-hydrogen) atoms. The highest BCUT2D eigenvalue weighted by Crippen LogP contribution is 2.29. The first-order valence-electron chi connectivity index (χ1n) is 7.61. The van der Waals surface area contributed by atoms with Crippen molar-refractivity contribution < 1.29 is 14.3 Å². The van der Waals surface area contributed by atoms with E-state index in [-0.39, 0.29) is 30.8 Å². The number of benzene rings is 2. The molecule has 0 fully saturated rings. The van der Waals surface area contributed by atoms with Crippen molar-refractivity contribution in [3.05, 3.63) is 58.6 Å². The van der Waals surface area contributed by atoms with E-state index in [0.717, 1.165) is 10.0 Å². The molecule has 0 aromatic heterocycles. The van der Waals surface area contributed by atoms with E-state index in [0.29, 0.717) is 24.6 Å². The zero-order valence-electron chi connectivity index (χ0n) is 13.9. The molecule has 0 spiro atoms. The summed E-state index contributed by atoms with van der Waals surface area (Å²) >= 11 is 3.47. The highest BCUT2D eigenvalue weighted by atomic mass is 79.9. The average Bonchev–Trinajstić information content (AvgIpc) is 2.60. The number of methoxy groups -OCH3 is 1. The van der Waals surface area contributed by atoms with E-state index < -0.39 is 0 Å². The minimum absolute atomic E-state index is 0. The van der Waals surface area contributed by atoms with Crippen LogP contribution in [0.2, 0.25) is 0 Å². The number of carbonyl (C=O) groups excluding carboxylic acids is 1. The van der Waals surface area contributed by atoms with Crippen molar-refractivity contribution in [3.63, 3.8) is 0 Å². The van der Waals surface area contributed by atoms with Gasteiger partial charge in [-0.2, -0.15) is 0 Å². The van der Waals surface area contributed by atoms with Gasteiger partial charge in [-0.25, -0.2) is 0 Å². The number of rotatable bonds is 8. The van der Waals surface area contributed by atoms with Crippen molar-refractivity contribution >= 4 is 39.9 Å². The van der Waals surface area contributed by atoms with Gasteiger partial charge in [-0.3, -0.25) is 4.79 Å². The Labute approximate surface area is 162 Å². The van der Waals surface area contributed by atoms with E-state index in [1.807, 2.05) is 42.5 Å². The number of nitrogens with two attached hydrogens (primary N) is 1. The first-order chi connectivity index (χ1) is 11.6. The maximum absolute atomic E-state index is 12.0. The molecule has 0 saturated heterocycles. The summed E-state index contributed by atoms with van der Waals surface area (Å²) in [7, 11) is 1.54. The Morgan fingerprint density at radius 3 is 2.56 bits per heavy atom. The maximum atomic E-state index is 12.0. The molecule has 0 aliphatic heterocycles. The molecule has 0 aliphatic carbocycles. The molecule has 5 nitrogen and oxygen atoms in total. The molecule has 1 atom stereocenters. The Hall–Kier alpha value is -1.60. The van der Waals surface area contributed by atoms with E-state index in [1.165, 1.54) is 0 Å². The summed E-state index contributed by atoms with van der Waals surface area (Å²) in [6.07, 6.45) is -0.0569. The van der Waals surface area contributed by atoms with E-state index in [9.17, 15) is 4.79 Å². The van der Waals surface area contributed by atoms with Gasteiger partial charge in [-0.1, -0.05) is 30.3 Å². The first kappa shape index (κ1) is 21.4. The quantitative estimate of drug-likeness (QED) is 0.670. The third kappa shape index (κ3) is 7.04. The third-order valence-electron chi connectivity index (χ3n) is 3.46. The van der Waals surface area contributed by atoms with Crippen molar-refractivity contribution in [2.75, 3.05) is 19.0 Å². The maximum Gasteiger partial charge on any atom is 0.227 e. The molecule has 2 rings (SSSR count). The molecule has 136 valence electrons. The summed E-state index contributed by atoms with van der Waals surface area (Å²) in [5, 5.41) is 2.82. The average molecular weight is 430 g/mol. The SMILES string of the molecule is COC(CN)CC(=O)Nc1ccc(OCc2ccccc2)c(Br)c1.Cl. The number of anilines is 1. The van der Waals surface area contributed by atoms with E-state index >= 15 is 0 Å². The van der Waals surface area contributed by atoms with Gasteiger partial charge in [-0.15, -0.1) is 12.4 Å². The topological polar surface area (TPSA) is 73.6 Å². The fraction of sp³-hybridized carbons (Fsp3) is 0.278. The van der Waals surface area contributed by atoms with Crippen LogP contribution in [0.1, 0.15) is 12.0 Å². The van der Waals surface area contributed by atoms with Crippen molar-refractivity contribution in [2.24, 2.45) is 5.73 Å². The molecular formula is C18H22BrClN2O3. The first-order valence-corrected chi connectivity index (χ1v) is 8.40. The van der Waals surface area contributed by atoms with Gasteiger partial charge < -0.3 is 20.5 Å². The lowest BCUT2D eigenvalue weighted by atomic mass is 10.2. The largest absolute Gasteiger partial charge is 0.488 e. The molecule has 0 aliphatic rings. The number of hydrogen-bond donors (Lipinski definition) is 2. The molecule has 3 N–H and O–H groups in total. The standard InChI is InChI=1S/C18H21BrN2O3.ClH/c1-23-15(11-20)10-18(22)21-14-7-8-17(16(19)9-14)24-12-13-5-3-2-4-6-13;/h2-9,15H,10-12,20H2,1H3,(H,21,22);1H. The summed E-state index contributed by atoms with van der Waals surface area (Å²) in [6, 6.07) is 15.4. The Bertz CT molecular complexity index is 667. The monoisotopic (exact) mass is 428 g/mol. The Morgan fingerprint density at radius 1 is 1.24 bits per heavy atom. The predicted molar refractivity (Wildman–Crippen MR) is 105 cm³/mol. The van der Waals surface area contributed by atoms with Crippen LogP contribution in [-0.4, -0.2) is 25.7 Å². The molecule has 0 radical (unpaired) electrons. The van der Waals surface area contributed by atoms with Gasteiger partial charge in [0, 0.05) is 19.3 Å². The van der Waals surface area contributed by atoms with E-state index in [4.69, 9.17) is 15.2 Å². The van der Waals surface area contributed by atoms with Crippen LogP contribution in [-0.2, 0) is 16.1 Å². The molecule has 1 unspecified atom stereocenters. The van der Waals surface area contributed by atoms with Crippen LogP contribution < -0.4 is 15.8 Å². The summed E-state index contributed by atoms with van der Waals surface area (Å²) in [4.78, 5) is 12.0.